The fourth-order valence-corrected chi connectivity index (χ4v) is 2.85. The number of carbonyl (C=O) groups excluding carboxylic acids is 1. The number of hydrogen-bond donors (Lipinski definition) is 1. The number of ether oxygens (including phenoxy) is 1. The van der Waals surface area contributed by atoms with Gasteiger partial charge in [0.15, 0.2) is 6.10 Å². The molecule has 0 bridgehead atoms. The Morgan fingerprint density at radius 2 is 2.00 bits per heavy atom. The smallest absolute Gasteiger partial charge is 0.394 e. The topological polar surface area (TPSA) is 66.8 Å². The van der Waals surface area contributed by atoms with Gasteiger partial charge in [0.2, 0.25) is 0 Å². The highest BCUT2D eigenvalue weighted by Crippen LogP contribution is 2.38. The molecule has 0 aromatic heterocycles. The Kier molecular flexibility index (Phi) is 5.46. The minimum Gasteiger partial charge on any atom is -0.481 e. The second kappa shape index (κ2) is 7.07. The minimum absolute atomic E-state index is 0.00901. The first kappa shape index (κ1) is 19.3. The maximum atomic E-state index is 13.0. The molecule has 1 fully saturated rings. The molecular weight excluding hydrogens is 370 g/mol. The normalized spacial score (nSPS) is 21.9. The first-order valence-corrected chi connectivity index (χ1v) is 7.58. The molecule has 0 aliphatic carbocycles. The molecule has 1 aliphatic heterocycles. The summed E-state index contributed by atoms with van der Waals surface area (Å²) in [5, 5.41) is 8.86. The number of nitrogens with zero attached hydrogens (tertiary/aromatic N) is 1. The number of rotatable bonds is 4. The lowest BCUT2D eigenvalue weighted by molar-refractivity contribution is -0.188. The summed E-state index contributed by atoms with van der Waals surface area (Å²) in [5.41, 5.74) is 0. The second-order valence-electron chi connectivity index (χ2n) is 5.67. The van der Waals surface area contributed by atoms with E-state index >= 15 is 0 Å². The largest absolute Gasteiger partial charge is 0.481 e. The molecule has 1 heterocycles. The fourth-order valence-electron chi connectivity index (χ4n) is 2.63. The van der Waals surface area contributed by atoms with Crippen molar-refractivity contribution < 1.29 is 37.0 Å². The molecule has 1 aliphatic rings. The van der Waals surface area contributed by atoms with E-state index in [0.29, 0.717) is 0 Å². The molecule has 1 unspecified atom stereocenters. The van der Waals surface area contributed by atoms with E-state index in [1.54, 1.807) is 0 Å². The molecule has 1 amide bonds. The lowest BCUT2D eigenvalue weighted by Gasteiger charge is -2.22. The molecule has 5 nitrogen and oxygen atoms in total. The molecule has 1 aromatic rings. The van der Waals surface area contributed by atoms with Gasteiger partial charge in [0, 0.05) is 13.1 Å². The minimum atomic E-state index is -4.73. The van der Waals surface area contributed by atoms with Crippen molar-refractivity contribution in [1.82, 2.24) is 4.90 Å². The highest BCUT2D eigenvalue weighted by molar-refractivity contribution is 6.32. The van der Waals surface area contributed by atoms with Crippen LogP contribution in [0.15, 0.2) is 18.2 Å². The van der Waals surface area contributed by atoms with Crippen LogP contribution in [0.2, 0.25) is 5.02 Å². The molecule has 2 rings (SSSR count). The number of amides is 1. The maximum absolute atomic E-state index is 13.0. The Morgan fingerprint density at radius 1 is 1.36 bits per heavy atom. The summed E-state index contributed by atoms with van der Waals surface area (Å²) in [7, 11) is 0. The van der Waals surface area contributed by atoms with Crippen LogP contribution in [0, 0.1) is 17.7 Å². The SMILES string of the molecule is CC(Oc1ccc(F)cc1Cl)C(=O)N1C[C@@H](C(F)(F)F)[C@H](C(=O)O)C1. The fraction of sp³-hybridized carbons (Fsp3) is 0.467. The lowest BCUT2D eigenvalue weighted by atomic mass is 9.96. The van der Waals surface area contributed by atoms with Crippen molar-refractivity contribution in [3.8, 4) is 5.75 Å². The average Bonchev–Trinajstić information content (AvgIpc) is 2.94. The molecule has 3 atom stereocenters. The molecule has 0 spiro atoms. The monoisotopic (exact) mass is 383 g/mol. The van der Waals surface area contributed by atoms with Crippen molar-refractivity contribution in [3.05, 3.63) is 29.0 Å². The highest BCUT2D eigenvalue weighted by Gasteiger charge is 2.53. The van der Waals surface area contributed by atoms with Crippen LogP contribution in [-0.4, -0.2) is 47.3 Å². The van der Waals surface area contributed by atoms with Crippen molar-refractivity contribution >= 4 is 23.5 Å². The number of halogens is 5. The Bertz CT molecular complexity index is 682. The zero-order chi connectivity index (χ0) is 18.9. The Hall–Kier alpha value is -2.03. The van der Waals surface area contributed by atoms with Gasteiger partial charge in [0.25, 0.3) is 5.91 Å². The van der Waals surface area contributed by atoms with Crippen LogP contribution in [0.4, 0.5) is 17.6 Å². The first-order chi connectivity index (χ1) is 11.5. The zero-order valence-corrected chi connectivity index (χ0v) is 13.6. The predicted molar refractivity (Wildman–Crippen MR) is 78.8 cm³/mol. The van der Waals surface area contributed by atoms with Crippen molar-refractivity contribution in [3.63, 3.8) is 0 Å². The lowest BCUT2D eigenvalue weighted by Crippen LogP contribution is -2.40. The van der Waals surface area contributed by atoms with Crippen molar-refractivity contribution in [1.29, 1.82) is 0 Å². The van der Waals surface area contributed by atoms with Gasteiger partial charge in [-0.05, 0) is 25.1 Å². The van der Waals surface area contributed by atoms with Gasteiger partial charge in [-0.25, -0.2) is 4.39 Å². The third kappa shape index (κ3) is 4.33. The molecule has 0 saturated carbocycles. The number of carbonyl (C=O) groups is 2. The summed E-state index contributed by atoms with van der Waals surface area (Å²) < 4.78 is 57.1. The summed E-state index contributed by atoms with van der Waals surface area (Å²) in [4.78, 5) is 24.1. The second-order valence-corrected chi connectivity index (χ2v) is 6.08. The van der Waals surface area contributed by atoms with Crippen molar-refractivity contribution in [2.24, 2.45) is 11.8 Å². The average molecular weight is 384 g/mol. The third-order valence-corrected chi connectivity index (χ3v) is 4.21. The molecule has 138 valence electrons. The van der Waals surface area contributed by atoms with Crippen LogP contribution in [0.3, 0.4) is 0 Å². The maximum Gasteiger partial charge on any atom is 0.394 e. The van der Waals surface area contributed by atoms with E-state index < -0.39 is 54.9 Å². The van der Waals surface area contributed by atoms with Crippen LogP contribution in [-0.2, 0) is 9.59 Å². The zero-order valence-electron chi connectivity index (χ0n) is 12.9. The number of hydrogen-bond acceptors (Lipinski definition) is 3. The number of aliphatic carboxylic acids is 1. The number of carboxylic acid groups (broad SMARTS) is 1. The van der Waals surface area contributed by atoms with E-state index in [1.807, 2.05) is 0 Å². The Labute approximate surface area is 145 Å². The quantitative estimate of drug-likeness (QED) is 0.812. The Balaban J connectivity index is 2.10. The van der Waals surface area contributed by atoms with Gasteiger partial charge in [0.1, 0.15) is 11.6 Å². The number of likely N-dealkylation sites (tertiary alicyclic amines) is 1. The van der Waals surface area contributed by atoms with E-state index in [4.69, 9.17) is 21.4 Å². The van der Waals surface area contributed by atoms with Gasteiger partial charge < -0.3 is 14.7 Å². The van der Waals surface area contributed by atoms with Gasteiger partial charge in [-0.1, -0.05) is 11.6 Å². The molecule has 1 aromatic carbocycles. The van der Waals surface area contributed by atoms with Crippen molar-refractivity contribution in [2.75, 3.05) is 13.1 Å². The van der Waals surface area contributed by atoms with Gasteiger partial charge in [-0.3, -0.25) is 9.59 Å². The van der Waals surface area contributed by atoms with Crippen molar-refractivity contribution in [2.45, 2.75) is 19.2 Å². The van der Waals surface area contributed by atoms with Crippen LogP contribution in [0.5, 0.6) is 5.75 Å². The van der Waals surface area contributed by atoms with Crippen LogP contribution >= 0.6 is 11.6 Å². The van der Waals surface area contributed by atoms with Gasteiger partial charge >= 0.3 is 12.1 Å². The molecule has 1 saturated heterocycles. The van der Waals surface area contributed by atoms with Gasteiger partial charge in [-0.15, -0.1) is 0 Å². The van der Waals surface area contributed by atoms with Crippen LogP contribution in [0.25, 0.3) is 0 Å². The van der Waals surface area contributed by atoms with E-state index in [0.717, 1.165) is 17.0 Å². The van der Waals surface area contributed by atoms with E-state index in [1.165, 1.54) is 13.0 Å². The summed E-state index contributed by atoms with van der Waals surface area (Å²) >= 11 is 5.77. The van der Waals surface area contributed by atoms with E-state index in [9.17, 15) is 27.2 Å². The van der Waals surface area contributed by atoms with Gasteiger partial charge in [0.05, 0.1) is 16.9 Å². The predicted octanol–water partition coefficient (Wildman–Crippen LogP) is 2.97. The summed E-state index contributed by atoms with van der Waals surface area (Å²) in [6, 6.07) is 3.20. The van der Waals surface area contributed by atoms with E-state index in [2.05, 4.69) is 0 Å². The molecular formula is C15H14ClF4NO4. The first-order valence-electron chi connectivity index (χ1n) is 7.20. The standard InChI is InChI=1S/C15H14ClF4NO4/c1-7(25-12-3-2-8(17)4-11(12)16)13(22)21-5-9(14(23)24)10(6-21)15(18,19)20/h2-4,7,9-10H,5-6H2,1H3,(H,23,24)/t7?,9-,10-/m1/s1. The number of alkyl halides is 3. The van der Waals surface area contributed by atoms with Gasteiger partial charge in [-0.2, -0.15) is 13.2 Å². The van der Waals surface area contributed by atoms with Crippen LogP contribution in [0.1, 0.15) is 6.92 Å². The summed E-state index contributed by atoms with van der Waals surface area (Å²) in [6.45, 7) is -0.0357. The van der Waals surface area contributed by atoms with E-state index in [-0.39, 0.29) is 10.8 Å². The molecule has 0 radical (unpaired) electrons. The summed E-state index contributed by atoms with van der Waals surface area (Å²) in [6.07, 6.45) is -5.95. The summed E-state index contributed by atoms with van der Waals surface area (Å²) in [5.74, 6) is -6.93. The molecule has 1 N–H and O–H groups in total. The number of benzene rings is 1. The Morgan fingerprint density at radius 3 is 2.48 bits per heavy atom. The van der Waals surface area contributed by atoms with Crippen LogP contribution < -0.4 is 4.74 Å². The number of carboxylic acids is 1. The molecule has 10 heteroatoms. The highest BCUT2D eigenvalue weighted by atomic mass is 35.5. The third-order valence-electron chi connectivity index (χ3n) is 3.91. The molecule has 25 heavy (non-hydrogen) atoms.